The Hall–Kier alpha value is -2.44. The lowest BCUT2D eigenvalue weighted by molar-refractivity contribution is 0.298. The first-order chi connectivity index (χ1) is 12.1. The van der Waals surface area contributed by atoms with E-state index in [1.165, 1.54) is 22.5 Å². The van der Waals surface area contributed by atoms with Gasteiger partial charge < -0.3 is 4.57 Å². The fourth-order valence-electron chi connectivity index (χ4n) is 3.36. The minimum absolute atomic E-state index is 0.0200. The van der Waals surface area contributed by atoms with Crippen molar-refractivity contribution in [3.63, 3.8) is 0 Å². The third kappa shape index (κ3) is 2.77. The molecule has 1 aromatic heterocycles. The van der Waals surface area contributed by atoms with Crippen molar-refractivity contribution in [1.29, 1.82) is 0 Å². The van der Waals surface area contributed by atoms with Crippen LogP contribution in [0.1, 0.15) is 17.3 Å². The molecule has 0 amide bonds. The molecule has 0 radical (unpaired) electrons. The number of hydrogen-bond donors (Lipinski definition) is 0. The van der Waals surface area contributed by atoms with Gasteiger partial charge in [-0.15, -0.1) is 0 Å². The van der Waals surface area contributed by atoms with Crippen molar-refractivity contribution >= 4 is 10.0 Å². The molecule has 0 fully saturated rings. The Bertz CT molecular complexity index is 999. The standard InChI is InChI=1S/C19H17FN2O2S/c20-16-8-4-9-17(14-16)25(23,24)22-13-12-21-11-5-10-18(21)19(22)15-6-2-1-3-7-15/h1-11,14,19H,12-13H2/t19-/m1/s1. The van der Waals surface area contributed by atoms with E-state index in [4.69, 9.17) is 0 Å². The average molecular weight is 356 g/mol. The zero-order chi connectivity index (χ0) is 17.4. The van der Waals surface area contributed by atoms with Crippen LogP contribution in [0.2, 0.25) is 0 Å². The van der Waals surface area contributed by atoms with Gasteiger partial charge in [0, 0.05) is 25.0 Å². The van der Waals surface area contributed by atoms with E-state index in [1.807, 2.05) is 48.7 Å². The molecule has 3 aromatic rings. The number of halogens is 1. The summed E-state index contributed by atoms with van der Waals surface area (Å²) in [6, 6.07) is 18.1. The first kappa shape index (κ1) is 16.1. The van der Waals surface area contributed by atoms with Gasteiger partial charge in [-0.25, -0.2) is 12.8 Å². The van der Waals surface area contributed by atoms with Crippen LogP contribution >= 0.6 is 0 Å². The van der Waals surface area contributed by atoms with Crippen LogP contribution in [0.15, 0.2) is 77.8 Å². The molecule has 1 atom stereocenters. The second kappa shape index (κ2) is 6.13. The second-order valence-electron chi connectivity index (χ2n) is 6.01. The van der Waals surface area contributed by atoms with Gasteiger partial charge in [-0.1, -0.05) is 36.4 Å². The highest BCUT2D eigenvalue weighted by Crippen LogP contribution is 2.36. The number of aromatic nitrogens is 1. The average Bonchev–Trinajstić information content (AvgIpc) is 3.10. The third-order valence-electron chi connectivity index (χ3n) is 4.51. The zero-order valence-electron chi connectivity index (χ0n) is 13.4. The predicted molar refractivity (Wildman–Crippen MR) is 93.0 cm³/mol. The second-order valence-corrected chi connectivity index (χ2v) is 7.90. The van der Waals surface area contributed by atoms with Gasteiger partial charge in [0.2, 0.25) is 10.0 Å². The van der Waals surface area contributed by atoms with Crippen LogP contribution in [0, 0.1) is 5.82 Å². The Morgan fingerprint density at radius 3 is 2.48 bits per heavy atom. The van der Waals surface area contributed by atoms with Gasteiger partial charge in [0.05, 0.1) is 10.9 Å². The van der Waals surface area contributed by atoms with Gasteiger partial charge in [0.15, 0.2) is 0 Å². The molecule has 25 heavy (non-hydrogen) atoms. The summed E-state index contributed by atoms with van der Waals surface area (Å²) < 4.78 is 43.5. The Morgan fingerprint density at radius 1 is 0.920 bits per heavy atom. The van der Waals surface area contributed by atoms with Crippen molar-refractivity contribution in [2.24, 2.45) is 0 Å². The molecule has 1 aliphatic heterocycles. The maximum absolute atomic E-state index is 13.6. The molecule has 0 unspecified atom stereocenters. The van der Waals surface area contributed by atoms with Crippen molar-refractivity contribution in [2.75, 3.05) is 6.54 Å². The third-order valence-corrected chi connectivity index (χ3v) is 6.37. The highest BCUT2D eigenvalue weighted by molar-refractivity contribution is 7.89. The zero-order valence-corrected chi connectivity index (χ0v) is 14.2. The van der Waals surface area contributed by atoms with E-state index in [0.717, 1.165) is 17.3 Å². The van der Waals surface area contributed by atoms with Crippen molar-refractivity contribution in [1.82, 2.24) is 8.87 Å². The summed E-state index contributed by atoms with van der Waals surface area (Å²) in [7, 11) is -3.82. The van der Waals surface area contributed by atoms with Crippen LogP contribution in [0.25, 0.3) is 0 Å². The minimum Gasteiger partial charge on any atom is -0.348 e. The lowest BCUT2D eigenvalue weighted by atomic mass is 10.0. The Balaban J connectivity index is 1.86. The van der Waals surface area contributed by atoms with E-state index < -0.39 is 21.9 Å². The van der Waals surface area contributed by atoms with Crippen LogP contribution in [0.4, 0.5) is 4.39 Å². The van der Waals surface area contributed by atoms with E-state index in [2.05, 4.69) is 4.57 Å². The van der Waals surface area contributed by atoms with Gasteiger partial charge in [-0.05, 0) is 35.9 Å². The van der Waals surface area contributed by atoms with Crippen molar-refractivity contribution in [3.8, 4) is 0 Å². The molecule has 4 rings (SSSR count). The number of sulfonamides is 1. The fourth-order valence-corrected chi connectivity index (χ4v) is 4.97. The lowest BCUT2D eigenvalue weighted by Crippen LogP contribution is -2.42. The van der Waals surface area contributed by atoms with Gasteiger partial charge in [-0.2, -0.15) is 4.31 Å². The Kier molecular flexibility index (Phi) is 3.94. The fraction of sp³-hybridized carbons (Fsp3) is 0.158. The van der Waals surface area contributed by atoms with E-state index in [1.54, 1.807) is 0 Å². The summed E-state index contributed by atoms with van der Waals surface area (Å²) in [4.78, 5) is -0.0200. The highest BCUT2D eigenvalue weighted by Gasteiger charge is 2.37. The first-order valence-corrected chi connectivity index (χ1v) is 9.49. The Labute approximate surface area is 146 Å². The molecule has 6 heteroatoms. The van der Waals surface area contributed by atoms with Crippen molar-refractivity contribution < 1.29 is 12.8 Å². The van der Waals surface area contributed by atoms with Gasteiger partial charge >= 0.3 is 0 Å². The molecule has 0 spiro atoms. The minimum atomic E-state index is -3.82. The molecule has 128 valence electrons. The largest absolute Gasteiger partial charge is 0.348 e. The maximum atomic E-state index is 13.6. The number of fused-ring (bicyclic) bond motifs is 1. The molecule has 2 aromatic carbocycles. The predicted octanol–water partition coefficient (Wildman–Crippen LogP) is 3.42. The molecular weight excluding hydrogens is 339 g/mol. The highest BCUT2D eigenvalue weighted by atomic mass is 32.2. The molecule has 0 aliphatic carbocycles. The summed E-state index contributed by atoms with van der Waals surface area (Å²) in [5, 5.41) is 0. The Morgan fingerprint density at radius 2 is 1.72 bits per heavy atom. The lowest BCUT2D eigenvalue weighted by Gasteiger charge is -2.36. The van der Waals surface area contributed by atoms with Crippen molar-refractivity contribution in [3.05, 3.63) is 90.0 Å². The van der Waals surface area contributed by atoms with Crippen LogP contribution < -0.4 is 0 Å². The van der Waals surface area contributed by atoms with E-state index in [0.29, 0.717) is 13.1 Å². The topological polar surface area (TPSA) is 42.3 Å². The van der Waals surface area contributed by atoms with E-state index >= 15 is 0 Å². The summed E-state index contributed by atoms with van der Waals surface area (Å²) >= 11 is 0. The number of hydrogen-bond acceptors (Lipinski definition) is 2. The molecule has 0 saturated heterocycles. The molecule has 1 aliphatic rings. The molecule has 0 saturated carbocycles. The van der Waals surface area contributed by atoms with E-state index in [9.17, 15) is 12.8 Å². The molecule has 4 nitrogen and oxygen atoms in total. The summed E-state index contributed by atoms with van der Waals surface area (Å²) in [6.45, 7) is 0.903. The molecular formula is C19H17FN2O2S. The SMILES string of the molecule is O=S(=O)(c1cccc(F)c1)N1CCn2cccc2[C@H]1c1ccccc1. The summed E-state index contributed by atoms with van der Waals surface area (Å²) in [5.74, 6) is -0.558. The summed E-state index contributed by atoms with van der Waals surface area (Å²) in [5.41, 5.74) is 1.81. The number of nitrogens with zero attached hydrogens (tertiary/aromatic N) is 2. The van der Waals surface area contributed by atoms with Gasteiger partial charge in [0.25, 0.3) is 0 Å². The summed E-state index contributed by atoms with van der Waals surface area (Å²) in [6.07, 6.45) is 1.96. The number of benzene rings is 2. The molecule has 0 bridgehead atoms. The quantitative estimate of drug-likeness (QED) is 0.722. The number of rotatable bonds is 3. The van der Waals surface area contributed by atoms with Gasteiger partial charge in [-0.3, -0.25) is 0 Å². The van der Waals surface area contributed by atoms with Crippen LogP contribution in [0.5, 0.6) is 0 Å². The van der Waals surface area contributed by atoms with Crippen LogP contribution in [0.3, 0.4) is 0 Å². The molecule has 2 heterocycles. The molecule has 0 N–H and O–H groups in total. The van der Waals surface area contributed by atoms with Crippen LogP contribution in [-0.2, 0) is 16.6 Å². The first-order valence-electron chi connectivity index (χ1n) is 8.05. The van der Waals surface area contributed by atoms with E-state index in [-0.39, 0.29) is 4.90 Å². The van der Waals surface area contributed by atoms with Crippen molar-refractivity contribution in [2.45, 2.75) is 17.5 Å². The van der Waals surface area contributed by atoms with Crippen LogP contribution in [-0.4, -0.2) is 23.8 Å². The van der Waals surface area contributed by atoms with Gasteiger partial charge in [0.1, 0.15) is 5.82 Å². The maximum Gasteiger partial charge on any atom is 0.244 e. The monoisotopic (exact) mass is 356 g/mol. The normalized spacial score (nSPS) is 18.0. The smallest absolute Gasteiger partial charge is 0.244 e.